The van der Waals surface area contributed by atoms with Gasteiger partial charge in [0.1, 0.15) is 11.6 Å². The van der Waals surface area contributed by atoms with Crippen molar-refractivity contribution in [1.29, 1.82) is 0 Å². The van der Waals surface area contributed by atoms with Crippen LogP contribution in [0.1, 0.15) is 36.5 Å². The second kappa shape index (κ2) is 9.18. The number of carbonyl (C=O) groups excluding carboxylic acids is 1. The number of nitrogens with zero attached hydrogens (tertiary/aromatic N) is 3. The normalized spacial score (nSPS) is 13.9. The number of amides is 2. The van der Waals surface area contributed by atoms with E-state index in [9.17, 15) is 9.18 Å². The number of aryl methyl sites for hydroxylation is 1. The number of hydrogen-bond donors (Lipinski definition) is 2. The molecule has 2 amide bonds. The summed E-state index contributed by atoms with van der Waals surface area (Å²) in [7, 11) is 2.46. The Labute approximate surface area is 178 Å². The molecule has 0 saturated carbocycles. The van der Waals surface area contributed by atoms with Crippen molar-refractivity contribution < 1.29 is 9.18 Å². The summed E-state index contributed by atoms with van der Waals surface area (Å²) in [5.41, 5.74) is 9.60. The minimum absolute atomic E-state index is 0.279. The number of halogens is 1. The molecule has 0 saturated heterocycles. The molecule has 6 nitrogen and oxygen atoms in total. The molecular weight excluding hydrogens is 400 g/mol. The van der Waals surface area contributed by atoms with Crippen LogP contribution < -0.4 is 16.4 Å². The van der Waals surface area contributed by atoms with Gasteiger partial charge >= 0.3 is 6.03 Å². The molecule has 1 aromatic heterocycles. The van der Waals surface area contributed by atoms with Gasteiger partial charge in [-0.2, -0.15) is 0 Å². The van der Waals surface area contributed by atoms with Gasteiger partial charge in [0.25, 0.3) is 0 Å². The van der Waals surface area contributed by atoms with E-state index in [4.69, 9.17) is 5.73 Å². The predicted molar refractivity (Wildman–Crippen MR) is 120 cm³/mol. The second-order valence-electron chi connectivity index (χ2n) is 7.09. The minimum atomic E-state index is -0.310. The number of rotatable bonds is 5. The highest BCUT2D eigenvalue weighted by molar-refractivity contribution is 7.27. The molecule has 1 atom stereocenters. The van der Waals surface area contributed by atoms with Crippen LogP contribution in [0, 0.1) is 5.82 Å². The van der Waals surface area contributed by atoms with Crippen LogP contribution in [-0.2, 0) is 19.5 Å². The number of hydrogen-bond acceptors (Lipinski definition) is 4. The van der Waals surface area contributed by atoms with Crippen molar-refractivity contribution in [3.05, 3.63) is 83.0 Å². The first-order valence-corrected chi connectivity index (χ1v) is 10.1. The summed E-state index contributed by atoms with van der Waals surface area (Å²) in [6.07, 6.45) is 5.81. The summed E-state index contributed by atoms with van der Waals surface area (Å²) < 4.78 is 14.1. The summed E-state index contributed by atoms with van der Waals surface area (Å²) in [5, 5.41) is 3.49. The number of allylic oxidation sites excluding steroid dienone is 3. The smallest absolute Gasteiger partial charge is 0.322 e. The third-order valence-corrected chi connectivity index (χ3v) is 5.21. The molecule has 30 heavy (non-hydrogen) atoms. The Balaban J connectivity index is 1.63. The van der Waals surface area contributed by atoms with Gasteiger partial charge in [0.05, 0.1) is 30.2 Å². The van der Waals surface area contributed by atoms with Crippen LogP contribution in [-0.4, -0.2) is 20.9 Å². The Kier molecular flexibility index (Phi) is 6.63. The molecule has 1 aliphatic heterocycles. The second-order valence-corrected chi connectivity index (χ2v) is 7.75. The molecular formula is C22H25FN5OP. The molecule has 1 unspecified atom stereocenters. The van der Waals surface area contributed by atoms with Crippen LogP contribution >= 0.6 is 9.24 Å². The number of nitrogens with two attached hydrogens (primary N) is 1. The molecule has 2 heterocycles. The quantitative estimate of drug-likeness (QED) is 0.569. The molecule has 8 heteroatoms. The van der Waals surface area contributed by atoms with Gasteiger partial charge in [0.15, 0.2) is 0 Å². The zero-order valence-corrected chi connectivity index (χ0v) is 18.2. The Morgan fingerprint density at radius 3 is 2.87 bits per heavy atom. The van der Waals surface area contributed by atoms with Gasteiger partial charge in [-0.05, 0) is 29.9 Å². The molecule has 0 radical (unpaired) electrons. The van der Waals surface area contributed by atoms with E-state index in [0.29, 0.717) is 24.2 Å². The third kappa shape index (κ3) is 4.92. The number of benzene rings is 1. The van der Waals surface area contributed by atoms with Crippen molar-refractivity contribution in [3.8, 4) is 0 Å². The van der Waals surface area contributed by atoms with Crippen molar-refractivity contribution >= 4 is 26.1 Å². The van der Waals surface area contributed by atoms with E-state index in [1.807, 2.05) is 13.0 Å². The van der Waals surface area contributed by atoms with Crippen LogP contribution in [0.2, 0.25) is 0 Å². The van der Waals surface area contributed by atoms with Crippen molar-refractivity contribution in [3.63, 3.8) is 0 Å². The van der Waals surface area contributed by atoms with Gasteiger partial charge in [0, 0.05) is 23.7 Å². The van der Waals surface area contributed by atoms with Gasteiger partial charge in [-0.3, -0.25) is 0 Å². The summed E-state index contributed by atoms with van der Waals surface area (Å²) in [4.78, 5) is 23.0. The zero-order chi connectivity index (χ0) is 21.8. The highest BCUT2D eigenvalue weighted by Crippen LogP contribution is 2.21. The van der Waals surface area contributed by atoms with Crippen LogP contribution in [0.15, 0.2) is 54.5 Å². The van der Waals surface area contributed by atoms with Crippen molar-refractivity contribution in [2.45, 2.75) is 33.4 Å². The number of nitrogens with one attached hydrogen (secondary N) is 1. The molecule has 1 aliphatic rings. The molecule has 156 valence electrons. The highest BCUT2D eigenvalue weighted by atomic mass is 31.0. The van der Waals surface area contributed by atoms with E-state index >= 15 is 0 Å². The SMILES string of the molecule is C=C(NC(=O)N1Cc2cnc(CC)nc2C1)/C(N)=C\C=C(/C)c1ccc(P)cc1F. The predicted octanol–water partition coefficient (Wildman–Crippen LogP) is 3.16. The molecule has 0 fully saturated rings. The van der Waals surface area contributed by atoms with E-state index in [1.54, 1.807) is 36.2 Å². The largest absolute Gasteiger partial charge is 0.397 e. The Morgan fingerprint density at radius 1 is 1.40 bits per heavy atom. The molecule has 3 rings (SSSR count). The third-order valence-electron chi connectivity index (χ3n) is 4.85. The highest BCUT2D eigenvalue weighted by Gasteiger charge is 2.25. The first kappa shape index (κ1) is 21.7. The maximum Gasteiger partial charge on any atom is 0.322 e. The Hall–Kier alpha value is -3.05. The lowest BCUT2D eigenvalue weighted by Gasteiger charge is -2.17. The maximum atomic E-state index is 14.1. The molecule has 0 spiro atoms. The average molecular weight is 425 g/mol. The van der Waals surface area contributed by atoms with E-state index in [2.05, 4.69) is 31.1 Å². The molecule has 0 aliphatic carbocycles. The lowest BCUT2D eigenvalue weighted by molar-refractivity contribution is 0.201. The van der Waals surface area contributed by atoms with E-state index in [0.717, 1.165) is 28.8 Å². The average Bonchev–Trinajstić information content (AvgIpc) is 3.15. The first-order chi connectivity index (χ1) is 14.3. The van der Waals surface area contributed by atoms with E-state index in [-0.39, 0.29) is 23.2 Å². The van der Waals surface area contributed by atoms with Crippen molar-refractivity contribution in [2.75, 3.05) is 0 Å². The topological polar surface area (TPSA) is 84.1 Å². The molecule has 0 bridgehead atoms. The Bertz CT molecular complexity index is 1060. The van der Waals surface area contributed by atoms with Crippen LogP contribution in [0.4, 0.5) is 9.18 Å². The number of fused-ring (bicyclic) bond motifs is 1. The van der Waals surface area contributed by atoms with Crippen LogP contribution in [0.3, 0.4) is 0 Å². The summed E-state index contributed by atoms with van der Waals surface area (Å²) in [6, 6.07) is 4.66. The van der Waals surface area contributed by atoms with E-state index in [1.165, 1.54) is 6.07 Å². The first-order valence-electron chi connectivity index (χ1n) is 9.56. The summed E-state index contributed by atoms with van der Waals surface area (Å²) >= 11 is 0. The number of carbonyl (C=O) groups is 1. The monoisotopic (exact) mass is 425 g/mol. The molecule has 2 aromatic rings. The lowest BCUT2D eigenvalue weighted by Crippen LogP contribution is -2.36. The van der Waals surface area contributed by atoms with Gasteiger partial charge in [-0.1, -0.05) is 31.7 Å². The van der Waals surface area contributed by atoms with Gasteiger partial charge in [-0.25, -0.2) is 19.2 Å². The zero-order valence-electron chi connectivity index (χ0n) is 17.1. The standard InChI is InChI=1S/C22H25FN5OP/c1-4-21-25-10-15-11-28(12-20(15)27-21)22(29)26-14(3)19(24)8-5-13(2)17-7-6-16(30)9-18(17)23/h5-10H,3-4,11-12,24,30H2,1-2H3,(H,26,29)/b13-5+,19-8+. The fourth-order valence-corrected chi connectivity index (χ4v) is 3.29. The Morgan fingerprint density at radius 2 is 2.17 bits per heavy atom. The van der Waals surface area contributed by atoms with Gasteiger partial charge in [0.2, 0.25) is 0 Å². The van der Waals surface area contributed by atoms with Crippen molar-refractivity contribution in [2.24, 2.45) is 5.73 Å². The lowest BCUT2D eigenvalue weighted by atomic mass is 10.1. The molecule has 3 N–H and O–H groups in total. The fourth-order valence-electron chi connectivity index (χ4n) is 3.05. The number of urea groups is 1. The summed E-state index contributed by atoms with van der Waals surface area (Å²) in [6.45, 7) is 8.47. The van der Waals surface area contributed by atoms with Crippen LogP contribution in [0.5, 0.6) is 0 Å². The van der Waals surface area contributed by atoms with E-state index < -0.39 is 0 Å². The summed E-state index contributed by atoms with van der Waals surface area (Å²) in [5.74, 6) is 0.455. The number of aromatic nitrogens is 2. The fraction of sp³-hybridized carbons (Fsp3) is 0.227. The molecule has 1 aromatic carbocycles. The van der Waals surface area contributed by atoms with Crippen molar-refractivity contribution in [1.82, 2.24) is 20.2 Å². The van der Waals surface area contributed by atoms with Gasteiger partial charge < -0.3 is 16.0 Å². The van der Waals surface area contributed by atoms with Crippen LogP contribution in [0.25, 0.3) is 5.57 Å². The maximum absolute atomic E-state index is 14.1. The minimum Gasteiger partial charge on any atom is -0.397 e. The van der Waals surface area contributed by atoms with Gasteiger partial charge in [-0.15, -0.1) is 9.24 Å².